The molecule has 15 heavy (non-hydrogen) atoms. The zero-order valence-corrected chi connectivity index (χ0v) is 10.8. The fourth-order valence-corrected chi connectivity index (χ4v) is 2.32. The van der Waals surface area contributed by atoms with Gasteiger partial charge in [0, 0.05) is 3.57 Å². The van der Waals surface area contributed by atoms with Crippen LogP contribution in [0.1, 0.15) is 5.82 Å². The highest BCUT2D eigenvalue weighted by atomic mass is 127. The van der Waals surface area contributed by atoms with E-state index in [4.69, 9.17) is 12.2 Å². The molecular formula is C9H7FIN3S. The molecule has 0 amide bonds. The van der Waals surface area contributed by atoms with Gasteiger partial charge in [-0.2, -0.15) is 5.10 Å². The van der Waals surface area contributed by atoms with Crippen molar-refractivity contribution in [3.8, 4) is 5.69 Å². The Balaban J connectivity index is 2.69. The summed E-state index contributed by atoms with van der Waals surface area (Å²) in [4.78, 5) is 0. The molecule has 6 heteroatoms. The van der Waals surface area contributed by atoms with Crippen LogP contribution >= 0.6 is 34.8 Å². The van der Waals surface area contributed by atoms with Crippen molar-refractivity contribution in [1.82, 2.24) is 14.8 Å². The molecule has 78 valence electrons. The van der Waals surface area contributed by atoms with Gasteiger partial charge in [0.2, 0.25) is 0 Å². The summed E-state index contributed by atoms with van der Waals surface area (Å²) in [6.45, 7) is 1.84. The van der Waals surface area contributed by atoms with Gasteiger partial charge in [0.15, 0.2) is 4.77 Å². The largest absolute Gasteiger partial charge is 0.271 e. The summed E-state index contributed by atoms with van der Waals surface area (Å²) in [7, 11) is 0. The molecule has 1 aromatic carbocycles. The molecule has 0 aliphatic heterocycles. The molecule has 0 fully saturated rings. The lowest BCUT2D eigenvalue weighted by atomic mass is 10.3. The third kappa shape index (κ3) is 1.96. The number of halogens is 2. The lowest BCUT2D eigenvalue weighted by Gasteiger charge is -2.06. The molecule has 2 rings (SSSR count). The fraction of sp³-hybridized carbons (Fsp3) is 0.111. The van der Waals surface area contributed by atoms with Crippen molar-refractivity contribution in [1.29, 1.82) is 0 Å². The van der Waals surface area contributed by atoms with Gasteiger partial charge in [-0.1, -0.05) is 0 Å². The molecule has 3 nitrogen and oxygen atoms in total. The van der Waals surface area contributed by atoms with Crippen LogP contribution in [0.25, 0.3) is 5.69 Å². The topological polar surface area (TPSA) is 33.6 Å². The van der Waals surface area contributed by atoms with Gasteiger partial charge in [0.1, 0.15) is 11.6 Å². The van der Waals surface area contributed by atoms with Crippen LogP contribution in [0.3, 0.4) is 0 Å². The van der Waals surface area contributed by atoms with Crippen LogP contribution < -0.4 is 0 Å². The molecule has 0 saturated carbocycles. The first kappa shape index (κ1) is 10.7. The van der Waals surface area contributed by atoms with Gasteiger partial charge in [-0.25, -0.2) is 4.39 Å². The quantitative estimate of drug-likeness (QED) is 0.642. The normalized spacial score (nSPS) is 10.6. The van der Waals surface area contributed by atoms with Crippen LogP contribution in [0.2, 0.25) is 0 Å². The van der Waals surface area contributed by atoms with Gasteiger partial charge in [0.25, 0.3) is 0 Å². The van der Waals surface area contributed by atoms with E-state index >= 15 is 0 Å². The molecule has 0 bridgehead atoms. The maximum atomic E-state index is 12.9. The SMILES string of the molecule is Cc1n[nH]c(=S)n1-c1ccc(F)cc1I. The lowest BCUT2D eigenvalue weighted by molar-refractivity contribution is 0.626. The van der Waals surface area contributed by atoms with Gasteiger partial charge in [0.05, 0.1) is 5.69 Å². The average molecular weight is 335 g/mol. The smallest absolute Gasteiger partial charge is 0.199 e. The second-order valence-corrected chi connectivity index (χ2v) is 4.56. The number of nitrogens with zero attached hydrogens (tertiary/aromatic N) is 2. The Morgan fingerprint density at radius 2 is 2.27 bits per heavy atom. The van der Waals surface area contributed by atoms with Crippen LogP contribution in [0, 0.1) is 21.1 Å². The number of nitrogens with one attached hydrogen (secondary N) is 1. The number of H-pyrrole nitrogens is 1. The van der Waals surface area contributed by atoms with E-state index in [1.54, 1.807) is 10.6 Å². The number of hydrogen-bond donors (Lipinski definition) is 1. The fourth-order valence-electron chi connectivity index (χ4n) is 1.32. The molecule has 0 aliphatic carbocycles. The van der Waals surface area contributed by atoms with Crippen molar-refractivity contribution in [3.63, 3.8) is 0 Å². The first-order valence-corrected chi connectivity index (χ1v) is 5.68. The van der Waals surface area contributed by atoms with E-state index in [2.05, 4.69) is 32.8 Å². The van der Waals surface area contributed by atoms with E-state index in [1.165, 1.54) is 12.1 Å². The van der Waals surface area contributed by atoms with Crippen LogP contribution in [-0.2, 0) is 0 Å². The maximum absolute atomic E-state index is 12.9. The Labute approximate surface area is 104 Å². The molecule has 0 unspecified atom stereocenters. The second-order valence-electron chi connectivity index (χ2n) is 3.01. The monoisotopic (exact) mass is 335 g/mol. The highest BCUT2D eigenvalue weighted by molar-refractivity contribution is 14.1. The van der Waals surface area contributed by atoms with E-state index in [0.717, 1.165) is 15.1 Å². The van der Waals surface area contributed by atoms with E-state index in [0.29, 0.717) is 4.77 Å². The van der Waals surface area contributed by atoms with Gasteiger partial charge in [-0.3, -0.25) is 9.67 Å². The third-order valence-corrected chi connectivity index (χ3v) is 3.13. The summed E-state index contributed by atoms with van der Waals surface area (Å²) in [5.41, 5.74) is 0.841. The first-order valence-electron chi connectivity index (χ1n) is 4.19. The van der Waals surface area contributed by atoms with Crippen LogP contribution in [0.4, 0.5) is 4.39 Å². The third-order valence-electron chi connectivity index (χ3n) is 1.99. The molecule has 0 aliphatic rings. The Morgan fingerprint density at radius 3 is 2.80 bits per heavy atom. The van der Waals surface area contributed by atoms with Gasteiger partial charge in [-0.15, -0.1) is 0 Å². The maximum Gasteiger partial charge on any atom is 0.199 e. The summed E-state index contributed by atoms with van der Waals surface area (Å²) in [6.07, 6.45) is 0. The molecular weight excluding hydrogens is 328 g/mol. The molecule has 0 radical (unpaired) electrons. The molecule has 1 aromatic heterocycles. The first-order chi connectivity index (χ1) is 7.09. The second kappa shape index (κ2) is 4.01. The van der Waals surface area contributed by atoms with Crippen molar-refractivity contribution in [2.75, 3.05) is 0 Å². The Morgan fingerprint density at radius 1 is 1.53 bits per heavy atom. The molecule has 2 aromatic rings. The number of aryl methyl sites for hydroxylation is 1. The Bertz CT molecular complexity index is 561. The van der Waals surface area contributed by atoms with Crippen molar-refractivity contribution in [2.45, 2.75) is 6.92 Å². The summed E-state index contributed by atoms with van der Waals surface area (Å²) in [5, 5.41) is 6.70. The number of aromatic amines is 1. The number of aromatic nitrogens is 3. The molecule has 0 atom stereocenters. The minimum Gasteiger partial charge on any atom is -0.271 e. The summed E-state index contributed by atoms with van der Waals surface area (Å²) in [6, 6.07) is 4.56. The summed E-state index contributed by atoms with van der Waals surface area (Å²) >= 11 is 7.17. The van der Waals surface area contributed by atoms with Crippen molar-refractivity contribution >= 4 is 34.8 Å². The average Bonchev–Trinajstić information content (AvgIpc) is 2.48. The molecule has 0 spiro atoms. The highest BCUT2D eigenvalue weighted by Crippen LogP contribution is 2.19. The van der Waals surface area contributed by atoms with Crippen molar-refractivity contribution in [2.24, 2.45) is 0 Å². The minimum atomic E-state index is -0.254. The zero-order chi connectivity index (χ0) is 11.0. The predicted octanol–water partition coefficient (Wildman–Crippen LogP) is 2.98. The standard InChI is InChI=1S/C9H7FIN3S/c1-5-12-13-9(15)14(5)8-3-2-6(10)4-7(8)11/h2-4H,1H3,(H,13,15). The Kier molecular flexibility index (Phi) is 2.87. The summed E-state index contributed by atoms with van der Waals surface area (Å²) < 4.78 is 16.0. The van der Waals surface area contributed by atoms with E-state index in [1.807, 2.05) is 6.92 Å². The van der Waals surface area contributed by atoms with Gasteiger partial charge in [-0.05, 0) is 59.9 Å². The summed E-state index contributed by atoms with van der Waals surface area (Å²) in [5.74, 6) is 0.500. The van der Waals surface area contributed by atoms with E-state index in [-0.39, 0.29) is 5.82 Å². The van der Waals surface area contributed by atoms with E-state index < -0.39 is 0 Å². The number of rotatable bonds is 1. The van der Waals surface area contributed by atoms with Crippen molar-refractivity contribution in [3.05, 3.63) is 38.2 Å². The number of hydrogen-bond acceptors (Lipinski definition) is 2. The number of benzene rings is 1. The van der Waals surface area contributed by atoms with Crippen LogP contribution in [0.5, 0.6) is 0 Å². The zero-order valence-electron chi connectivity index (χ0n) is 7.79. The highest BCUT2D eigenvalue weighted by Gasteiger charge is 2.08. The predicted molar refractivity (Wildman–Crippen MR) is 66.2 cm³/mol. The van der Waals surface area contributed by atoms with E-state index in [9.17, 15) is 4.39 Å². The molecule has 1 heterocycles. The van der Waals surface area contributed by atoms with Crippen LogP contribution in [0.15, 0.2) is 18.2 Å². The molecule has 1 N–H and O–H groups in total. The van der Waals surface area contributed by atoms with Gasteiger partial charge >= 0.3 is 0 Å². The Hall–Kier alpha value is -0.760. The van der Waals surface area contributed by atoms with Crippen molar-refractivity contribution < 1.29 is 4.39 Å². The lowest BCUT2D eigenvalue weighted by Crippen LogP contribution is -2.00. The van der Waals surface area contributed by atoms with Crippen LogP contribution in [-0.4, -0.2) is 14.8 Å². The minimum absolute atomic E-state index is 0.254. The molecule has 0 saturated heterocycles. The van der Waals surface area contributed by atoms with Gasteiger partial charge < -0.3 is 0 Å².